The van der Waals surface area contributed by atoms with Crippen molar-refractivity contribution in [1.29, 1.82) is 0 Å². The Kier molecular flexibility index (Phi) is 3.57. The smallest absolute Gasteiger partial charge is 0.263 e. The van der Waals surface area contributed by atoms with Crippen molar-refractivity contribution < 1.29 is 18.4 Å². The number of fused-ring (bicyclic) bond motifs is 1. The van der Waals surface area contributed by atoms with Crippen LogP contribution in [-0.4, -0.2) is 23.9 Å². The van der Waals surface area contributed by atoms with Gasteiger partial charge in [-0.2, -0.15) is 5.11 Å². The zero-order valence-electron chi connectivity index (χ0n) is 14.0. The molecule has 0 aromatic heterocycles. The molecule has 0 radical (unpaired) electrons. The molecule has 8 heteroatoms. The third kappa shape index (κ3) is 2.22. The molecule has 2 aromatic rings. The lowest BCUT2D eigenvalue weighted by Crippen LogP contribution is -2.40. The number of amides is 2. The summed E-state index contributed by atoms with van der Waals surface area (Å²) in [5, 5.41) is 9.38. The summed E-state index contributed by atoms with van der Waals surface area (Å²) in [6, 6.07) is 6.51. The first kappa shape index (κ1) is 16.3. The highest BCUT2D eigenvalue weighted by atomic mass is 19.2. The van der Waals surface area contributed by atoms with Gasteiger partial charge in [-0.1, -0.05) is 17.4 Å². The van der Waals surface area contributed by atoms with Crippen LogP contribution in [0.5, 0.6) is 0 Å². The molecule has 0 saturated carbocycles. The Labute approximate surface area is 147 Å². The summed E-state index contributed by atoms with van der Waals surface area (Å²) in [6.07, 6.45) is 0. The number of nitrogens with zero attached hydrogens (tertiary/aromatic N) is 4. The van der Waals surface area contributed by atoms with Crippen LogP contribution in [0.2, 0.25) is 0 Å². The van der Waals surface area contributed by atoms with E-state index in [-0.39, 0.29) is 5.69 Å². The van der Waals surface area contributed by atoms with Crippen LogP contribution in [-0.2, 0) is 9.59 Å². The Morgan fingerprint density at radius 2 is 1.77 bits per heavy atom. The van der Waals surface area contributed by atoms with E-state index in [1.54, 1.807) is 6.07 Å². The van der Waals surface area contributed by atoms with Crippen molar-refractivity contribution in [2.45, 2.75) is 25.9 Å². The summed E-state index contributed by atoms with van der Waals surface area (Å²) in [4.78, 5) is 26.4. The molecule has 2 heterocycles. The molecular weight excluding hydrogens is 342 g/mol. The van der Waals surface area contributed by atoms with Crippen molar-refractivity contribution in [2.75, 3.05) is 9.91 Å². The number of hydrogen-bond donors (Lipinski definition) is 0. The molecule has 26 heavy (non-hydrogen) atoms. The molecule has 132 valence electrons. The Hall–Kier alpha value is -3.16. The minimum Gasteiger partial charge on any atom is -0.271 e. The number of rotatable bonds is 2. The van der Waals surface area contributed by atoms with Gasteiger partial charge in [-0.15, -0.1) is 0 Å². The summed E-state index contributed by atoms with van der Waals surface area (Å²) in [5.74, 6) is -3.36. The molecule has 2 aliphatic rings. The van der Waals surface area contributed by atoms with E-state index in [2.05, 4.69) is 10.3 Å². The maximum Gasteiger partial charge on any atom is 0.263 e. The van der Waals surface area contributed by atoms with E-state index >= 15 is 0 Å². The molecule has 0 N–H and O–H groups in total. The van der Waals surface area contributed by atoms with Crippen LogP contribution in [0.4, 0.5) is 20.2 Å². The van der Waals surface area contributed by atoms with Gasteiger partial charge in [0.05, 0.1) is 11.4 Å². The summed E-state index contributed by atoms with van der Waals surface area (Å²) in [5.41, 5.74) is 2.58. The lowest BCUT2D eigenvalue weighted by molar-refractivity contribution is -0.121. The molecule has 1 saturated heterocycles. The quantitative estimate of drug-likeness (QED) is 0.777. The summed E-state index contributed by atoms with van der Waals surface area (Å²) in [6.45, 7) is 3.82. The zero-order chi connectivity index (χ0) is 18.6. The van der Waals surface area contributed by atoms with Crippen LogP contribution >= 0.6 is 0 Å². The molecule has 6 nitrogen and oxygen atoms in total. The van der Waals surface area contributed by atoms with Gasteiger partial charge in [-0.05, 0) is 43.2 Å². The minimum absolute atomic E-state index is 0.0237. The van der Waals surface area contributed by atoms with Crippen LogP contribution < -0.4 is 9.91 Å². The van der Waals surface area contributed by atoms with Gasteiger partial charge in [0.2, 0.25) is 0 Å². The second-order valence-electron chi connectivity index (χ2n) is 6.27. The van der Waals surface area contributed by atoms with Crippen LogP contribution in [0, 0.1) is 25.5 Å². The number of carbonyl (C=O) groups excluding carboxylic acids is 2. The van der Waals surface area contributed by atoms with Gasteiger partial charge in [0.25, 0.3) is 11.8 Å². The molecule has 2 unspecified atom stereocenters. The number of hydrogen-bond acceptors (Lipinski definition) is 5. The van der Waals surface area contributed by atoms with Crippen LogP contribution in [0.15, 0.2) is 46.7 Å². The van der Waals surface area contributed by atoms with Gasteiger partial charge < -0.3 is 0 Å². The Morgan fingerprint density at radius 1 is 1.00 bits per heavy atom. The average Bonchev–Trinajstić information content (AvgIpc) is 3.14. The topological polar surface area (TPSA) is 65.3 Å². The summed E-state index contributed by atoms with van der Waals surface area (Å²) < 4.78 is 26.7. The molecule has 2 aromatic carbocycles. The number of aryl methyl sites for hydroxylation is 1. The molecule has 0 bridgehead atoms. The van der Waals surface area contributed by atoms with E-state index in [9.17, 15) is 18.4 Å². The van der Waals surface area contributed by atoms with Crippen LogP contribution in [0.3, 0.4) is 0 Å². The monoisotopic (exact) mass is 356 g/mol. The van der Waals surface area contributed by atoms with E-state index in [4.69, 9.17) is 0 Å². The zero-order valence-corrected chi connectivity index (χ0v) is 14.0. The highest BCUT2D eigenvalue weighted by molar-refractivity contribution is 6.26. The van der Waals surface area contributed by atoms with Crippen LogP contribution in [0.25, 0.3) is 0 Å². The first-order chi connectivity index (χ1) is 12.4. The van der Waals surface area contributed by atoms with Crippen LogP contribution in [0.1, 0.15) is 11.1 Å². The fourth-order valence-corrected chi connectivity index (χ4v) is 3.22. The maximum absolute atomic E-state index is 13.5. The number of imide groups is 1. The van der Waals surface area contributed by atoms with Gasteiger partial charge in [-0.25, -0.2) is 18.7 Å². The molecule has 1 fully saturated rings. The number of anilines is 2. The Morgan fingerprint density at radius 3 is 2.50 bits per heavy atom. The van der Waals surface area contributed by atoms with E-state index in [1.165, 1.54) is 11.1 Å². The third-order valence-electron chi connectivity index (χ3n) is 4.77. The first-order valence-electron chi connectivity index (χ1n) is 7.99. The molecule has 2 atom stereocenters. The van der Waals surface area contributed by atoms with Crippen molar-refractivity contribution in [2.24, 2.45) is 10.3 Å². The van der Waals surface area contributed by atoms with E-state index in [1.807, 2.05) is 26.0 Å². The molecule has 0 aliphatic carbocycles. The fraction of sp³-hybridized carbons (Fsp3) is 0.222. The van der Waals surface area contributed by atoms with E-state index in [0.29, 0.717) is 5.69 Å². The first-order valence-corrected chi connectivity index (χ1v) is 7.99. The van der Waals surface area contributed by atoms with Gasteiger partial charge in [0, 0.05) is 6.07 Å². The number of carbonyl (C=O) groups is 2. The molecule has 2 aliphatic heterocycles. The largest absolute Gasteiger partial charge is 0.271 e. The highest BCUT2D eigenvalue weighted by Gasteiger charge is 2.55. The average molecular weight is 356 g/mol. The van der Waals surface area contributed by atoms with Gasteiger partial charge in [0.1, 0.15) is 0 Å². The van der Waals surface area contributed by atoms with E-state index < -0.39 is 35.5 Å². The highest BCUT2D eigenvalue weighted by Crippen LogP contribution is 2.36. The van der Waals surface area contributed by atoms with Crippen molar-refractivity contribution in [3.05, 3.63) is 59.2 Å². The molecular formula is C18H14F2N4O2. The second kappa shape index (κ2) is 5.69. The van der Waals surface area contributed by atoms with Crippen molar-refractivity contribution >= 4 is 23.2 Å². The lowest BCUT2D eigenvalue weighted by Gasteiger charge is -2.22. The fourth-order valence-electron chi connectivity index (χ4n) is 3.22. The van der Waals surface area contributed by atoms with E-state index in [0.717, 1.165) is 28.2 Å². The molecule has 2 amide bonds. The third-order valence-corrected chi connectivity index (χ3v) is 4.77. The summed E-state index contributed by atoms with van der Waals surface area (Å²) >= 11 is 0. The molecule has 4 rings (SSSR count). The summed E-state index contributed by atoms with van der Waals surface area (Å²) in [7, 11) is 0. The van der Waals surface area contributed by atoms with Crippen molar-refractivity contribution in [1.82, 2.24) is 0 Å². The van der Waals surface area contributed by atoms with Crippen molar-refractivity contribution in [3.8, 4) is 0 Å². The predicted octanol–water partition coefficient (Wildman–Crippen LogP) is 3.08. The van der Waals surface area contributed by atoms with Gasteiger partial charge in [0.15, 0.2) is 23.7 Å². The van der Waals surface area contributed by atoms with Gasteiger partial charge >= 0.3 is 0 Å². The molecule has 0 spiro atoms. The second-order valence-corrected chi connectivity index (χ2v) is 6.27. The SMILES string of the molecule is Cc1cccc(N2N=NC3C(=O)N(c4ccc(F)c(F)c4)C(=O)C32)c1C. The minimum atomic E-state index is -1.13. The Balaban J connectivity index is 1.74. The number of benzene rings is 2. The standard InChI is InChI=1S/C18H14F2N4O2/c1-9-4-3-5-14(10(9)2)24-16-15(21-22-24)17(25)23(18(16)26)11-6-7-12(19)13(20)8-11/h3-8,15-16H,1-2H3. The van der Waals surface area contributed by atoms with Crippen molar-refractivity contribution in [3.63, 3.8) is 0 Å². The lowest BCUT2D eigenvalue weighted by atomic mass is 10.1. The Bertz CT molecular complexity index is 976. The number of halogens is 2. The van der Waals surface area contributed by atoms with Gasteiger partial charge in [-0.3, -0.25) is 9.59 Å². The normalized spacial score (nSPS) is 21.7. The predicted molar refractivity (Wildman–Crippen MR) is 89.7 cm³/mol. The maximum atomic E-state index is 13.5.